The minimum atomic E-state index is -0.767. The molecule has 2 aliphatic rings. The van der Waals surface area contributed by atoms with Gasteiger partial charge >= 0.3 is 12.2 Å². The molecule has 2 fully saturated rings. The first kappa shape index (κ1) is 27.4. The molecular formula is C28H30F2N6O4. The predicted octanol–water partition coefficient (Wildman–Crippen LogP) is 5.04. The lowest BCUT2D eigenvalue weighted by Gasteiger charge is -2.35. The van der Waals surface area contributed by atoms with Crippen molar-refractivity contribution in [2.24, 2.45) is 10.9 Å². The van der Waals surface area contributed by atoms with Gasteiger partial charge in [-0.15, -0.1) is 5.10 Å². The molecule has 12 heteroatoms. The van der Waals surface area contributed by atoms with Gasteiger partial charge < -0.3 is 9.47 Å². The summed E-state index contributed by atoms with van der Waals surface area (Å²) in [6.45, 7) is 6.02. The number of carbonyl (C=O) groups is 2. The molecule has 2 aromatic heterocycles. The van der Waals surface area contributed by atoms with E-state index in [0.717, 1.165) is 18.9 Å². The summed E-state index contributed by atoms with van der Waals surface area (Å²) in [6.07, 6.45) is 3.05. The minimum Gasteiger partial charge on any atom is -0.442 e. The largest absolute Gasteiger partial charge is 0.442 e. The van der Waals surface area contributed by atoms with Gasteiger partial charge in [0.1, 0.15) is 22.8 Å². The van der Waals surface area contributed by atoms with Gasteiger partial charge in [0.2, 0.25) is 0 Å². The summed E-state index contributed by atoms with van der Waals surface area (Å²) in [6, 6.07) is 9.76. The molecule has 1 aliphatic carbocycles. The molecule has 2 amide bonds. The number of nitrogens with zero attached hydrogens (tertiary/aromatic N) is 6. The van der Waals surface area contributed by atoms with Gasteiger partial charge in [0.25, 0.3) is 0 Å². The molecule has 0 bridgehead atoms. The molecule has 3 heterocycles. The molecule has 1 aromatic carbocycles. The number of amides is 2. The highest BCUT2D eigenvalue weighted by atomic mass is 19.1. The minimum absolute atomic E-state index is 0.125. The van der Waals surface area contributed by atoms with Crippen molar-refractivity contribution < 1.29 is 27.8 Å². The van der Waals surface area contributed by atoms with Crippen LogP contribution in [0, 0.1) is 17.6 Å². The molecule has 0 unspecified atom stereocenters. The van der Waals surface area contributed by atoms with Gasteiger partial charge in [0.15, 0.2) is 11.3 Å². The number of anilines is 1. The van der Waals surface area contributed by atoms with E-state index in [-0.39, 0.29) is 17.0 Å². The summed E-state index contributed by atoms with van der Waals surface area (Å²) in [5.74, 6) is -0.861. The first-order valence-corrected chi connectivity index (χ1v) is 13.1. The average Bonchev–Trinajstić information content (AvgIpc) is 3.21. The molecule has 40 heavy (non-hydrogen) atoms. The SMILES string of the molecule is CC(C)(C)OC(=O)/N=c1\ccc(-c2cc(F)cc(F)c2)nn1C[C@H]1CC[C@]2(CC1)CN(c1cccnn1)C(=O)O2. The molecule has 5 rings (SSSR count). The third kappa shape index (κ3) is 6.32. The van der Waals surface area contributed by atoms with E-state index in [1.807, 2.05) is 0 Å². The Morgan fingerprint density at radius 3 is 2.52 bits per heavy atom. The third-order valence-corrected chi connectivity index (χ3v) is 6.89. The van der Waals surface area contributed by atoms with E-state index >= 15 is 0 Å². The lowest BCUT2D eigenvalue weighted by Crippen LogP contribution is -2.40. The fourth-order valence-corrected chi connectivity index (χ4v) is 5.05. The molecule has 10 nitrogen and oxygen atoms in total. The molecule has 1 spiro atoms. The summed E-state index contributed by atoms with van der Waals surface area (Å²) >= 11 is 0. The second-order valence-corrected chi connectivity index (χ2v) is 11.2. The standard InChI is InChI=1S/C28H30F2N6O4/c1-27(2,3)39-25(37)32-23-7-6-22(19-13-20(29)15-21(30)14-19)34-36(23)16-18-8-10-28(11-9-18)17-35(26(38)40-28)24-5-4-12-31-33-24/h4-7,12-15,18H,8-11,16-17H2,1-3H3/b32-23+/t18-,28-. The van der Waals surface area contributed by atoms with Crippen molar-refractivity contribution in [2.45, 2.75) is 64.2 Å². The molecule has 0 atom stereocenters. The number of halogens is 2. The van der Waals surface area contributed by atoms with Crippen LogP contribution in [0.3, 0.4) is 0 Å². The maximum absolute atomic E-state index is 13.9. The van der Waals surface area contributed by atoms with Gasteiger partial charge in [-0.05, 0) is 88.8 Å². The van der Waals surface area contributed by atoms with Crippen molar-refractivity contribution in [2.75, 3.05) is 11.4 Å². The molecular weight excluding hydrogens is 522 g/mol. The van der Waals surface area contributed by atoms with Gasteiger partial charge in [-0.1, -0.05) is 0 Å². The lowest BCUT2D eigenvalue weighted by atomic mass is 9.78. The third-order valence-electron chi connectivity index (χ3n) is 6.89. The highest BCUT2D eigenvalue weighted by Gasteiger charge is 2.48. The van der Waals surface area contributed by atoms with Crippen molar-refractivity contribution in [1.29, 1.82) is 0 Å². The first-order chi connectivity index (χ1) is 19.0. The maximum Gasteiger partial charge on any atom is 0.436 e. The number of aromatic nitrogens is 4. The number of hydrogen-bond acceptors (Lipinski definition) is 7. The summed E-state index contributed by atoms with van der Waals surface area (Å²) < 4.78 is 40.5. The van der Waals surface area contributed by atoms with Gasteiger partial charge in [-0.3, -0.25) is 4.90 Å². The van der Waals surface area contributed by atoms with Crippen molar-refractivity contribution in [3.63, 3.8) is 0 Å². The Morgan fingerprint density at radius 2 is 1.88 bits per heavy atom. The summed E-state index contributed by atoms with van der Waals surface area (Å²) in [5, 5.41) is 12.5. The summed E-state index contributed by atoms with van der Waals surface area (Å²) in [7, 11) is 0. The van der Waals surface area contributed by atoms with E-state index in [4.69, 9.17) is 9.47 Å². The second-order valence-electron chi connectivity index (χ2n) is 11.2. The summed E-state index contributed by atoms with van der Waals surface area (Å²) in [4.78, 5) is 30.7. The monoisotopic (exact) mass is 552 g/mol. The smallest absolute Gasteiger partial charge is 0.436 e. The zero-order valence-corrected chi connectivity index (χ0v) is 22.5. The number of rotatable bonds is 4. The van der Waals surface area contributed by atoms with Crippen LogP contribution in [-0.2, 0) is 16.0 Å². The molecule has 3 aromatic rings. The Labute approximate surface area is 229 Å². The molecule has 0 N–H and O–H groups in total. The van der Waals surface area contributed by atoms with Gasteiger partial charge in [0.05, 0.1) is 12.2 Å². The highest BCUT2D eigenvalue weighted by molar-refractivity contribution is 5.89. The van der Waals surface area contributed by atoms with Crippen molar-refractivity contribution >= 4 is 18.0 Å². The zero-order valence-electron chi connectivity index (χ0n) is 22.5. The fourth-order valence-electron chi connectivity index (χ4n) is 5.05. The van der Waals surface area contributed by atoms with Crippen LogP contribution < -0.4 is 10.4 Å². The Hall–Kier alpha value is -4.22. The first-order valence-electron chi connectivity index (χ1n) is 13.1. The van der Waals surface area contributed by atoms with Crippen molar-refractivity contribution in [3.05, 3.63) is 65.8 Å². The van der Waals surface area contributed by atoms with E-state index in [1.165, 1.54) is 17.0 Å². The molecule has 1 saturated heterocycles. The van der Waals surface area contributed by atoms with Crippen LogP contribution in [0.1, 0.15) is 46.5 Å². The van der Waals surface area contributed by atoms with Crippen molar-refractivity contribution in [1.82, 2.24) is 20.0 Å². The van der Waals surface area contributed by atoms with E-state index in [2.05, 4.69) is 20.3 Å². The second kappa shape index (κ2) is 10.7. The quantitative estimate of drug-likeness (QED) is 0.446. The molecule has 1 saturated carbocycles. The summed E-state index contributed by atoms with van der Waals surface area (Å²) in [5.41, 5.74) is -0.490. The van der Waals surface area contributed by atoms with Crippen LogP contribution in [-0.4, -0.2) is 49.9 Å². The van der Waals surface area contributed by atoms with E-state index < -0.39 is 35.0 Å². The van der Waals surface area contributed by atoms with E-state index in [0.29, 0.717) is 37.4 Å². The number of ether oxygens (including phenoxy) is 2. The van der Waals surface area contributed by atoms with E-state index in [1.54, 1.807) is 55.9 Å². The normalized spacial score (nSPS) is 21.5. The van der Waals surface area contributed by atoms with Gasteiger partial charge in [-0.25, -0.2) is 23.1 Å². The lowest BCUT2D eigenvalue weighted by molar-refractivity contribution is 0.0106. The molecule has 210 valence electrons. The number of hydrogen-bond donors (Lipinski definition) is 0. The topological polar surface area (TPSA) is 112 Å². The van der Waals surface area contributed by atoms with Gasteiger partial charge in [-0.2, -0.15) is 15.2 Å². The maximum atomic E-state index is 13.9. The number of benzene rings is 1. The van der Waals surface area contributed by atoms with Gasteiger partial charge in [0, 0.05) is 24.4 Å². The Bertz CT molecular complexity index is 1460. The van der Waals surface area contributed by atoms with Crippen LogP contribution in [0.4, 0.5) is 24.2 Å². The van der Waals surface area contributed by atoms with Crippen molar-refractivity contribution in [3.8, 4) is 11.3 Å². The van der Waals surface area contributed by atoms with Crippen LogP contribution in [0.15, 0.2) is 53.7 Å². The van der Waals surface area contributed by atoms with Crippen LogP contribution >= 0.6 is 0 Å². The predicted molar refractivity (Wildman–Crippen MR) is 140 cm³/mol. The van der Waals surface area contributed by atoms with Crippen LogP contribution in [0.2, 0.25) is 0 Å². The van der Waals surface area contributed by atoms with E-state index in [9.17, 15) is 18.4 Å². The van der Waals surface area contributed by atoms with Crippen LogP contribution in [0.5, 0.6) is 0 Å². The fraction of sp³-hybridized carbons (Fsp3) is 0.429. The molecule has 0 radical (unpaired) electrons. The zero-order chi connectivity index (χ0) is 28.5. The Balaban J connectivity index is 1.37. The Kier molecular flexibility index (Phi) is 7.35. The highest BCUT2D eigenvalue weighted by Crippen LogP contribution is 2.40. The number of carbonyl (C=O) groups excluding carboxylic acids is 2. The Morgan fingerprint density at radius 1 is 1.15 bits per heavy atom. The molecule has 1 aliphatic heterocycles. The average molecular weight is 553 g/mol. The van der Waals surface area contributed by atoms with Crippen LogP contribution in [0.25, 0.3) is 11.3 Å².